The van der Waals surface area contributed by atoms with Crippen LogP contribution in [0, 0.1) is 10.1 Å². The van der Waals surface area contributed by atoms with Crippen molar-refractivity contribution in [1.82, 2.24) is 5.32 Å². The molecule has 0 radical (unpaired) electrons. The summed E-state index contributed by atoms with van der Waals surface area (Å²) in [5, 5.41) is 22.2. The number of nitro benzene ring substituents is 1. The highest BCUT2D eigenvalue weighted by Gasteiger charge is 2.22. The molecule has 2 N–H and O–H groups in total. The van der Waals surface area contributed by atoms with Crippen LogP contribution in [0.4, 0.5) is 5.69 Å². The van der Waals surface area contributed by atoms with Gasteiger partial charge in [-0.15, -0.1) is 0 Å². The maximum atomic E-state index is 12.1. The molecule has 114 valence electrons. The van der Waals surface area contributed by atoms with Gasteiger partial charge < -0.3 is 10.4 Å². The second-order valence-corrected chi connectivity index (χ2v) is 5.28. The second kappa shape index (κ2) is 7.72. The topological polar surface area (TPSA) is 110 Å². The lowest BCUT2D eigenvalue weighted by atomic mass is 10.1. The Labute approximate surface area is 129 Å². The van der Waals surface area contributed by atoms with Crippen molar-refractivity contribution in [3.05, 3.63) is 38.3 Å². The van der Waals surface area contributed by atoms with E-state index in [1.54, 1.807) is 0 Å². The Morgan fingerprint density at radius 2 is 2.14 bits per heavy atom. The van der Waals surface area contributed by atoms with Crippen LogP contribution in [0.1, 0.15) is 36.5 Å². The minimum Gasteiger partial charge on any atom is -0.480 e. The molecular formula is C13H15BrN2O5. The Morgan fingerprint density at radius 1 is 1.48 bits per heavy atom. The van der Waals surface area contributed by atoms with Crippen LogP contribution in [0.5, 0.6) is 0 Å². The number of carboxylic acids is 1. The minimum absolute atomic E-state index is 0.0342. The van der Waals surface area contributed by atoms with Gasteiger partial charge in [0.2, 0.25) is 0 Å². The van der Waals surface area contributed by atoms with Gasteiger partial charge in [0.15, 0.2) is 0 Å². The molecule has 0 aromatic heterocycles. The lowest BCUT2D eigenvalue weighted by molar-refractivity contribution is -0.384. The third-order valence-electron chi connectivity index (χ3n) is 2.86. The lowest BCUT2D eigenvalue weighted by Crippen LogP contribution is -2.40. The third kappa shape index (κ3) is 4.82. The Balaban J connectivity index is 2.94. The molecule has 0 fully saturated rings. The van der Waals surface area contributed by atoms with Gasteiger partial charge in [0.25, 0.3) is 11.6 Å². The number of carboxylic acid groups (broad SMARTS) is 1. The second-order valence-electron chi connectivity index (χ2n) is 4.43. The molecule has 0 saturated heterocycles. The molecule has 1 unspecified atom stereocenters. The van der Waals surface area contributed by atoms with E-state index >= 15 is 0 Å². The Hall–Kier alpha value is -1.96. The molecule has 21 heavy (non-hydrogen) atoms. The van der Waals surface area contributed by atoms with Crippen LogP contribution < -0.4 is 5.32 Å². The molecule has 0 saturated carbocycles. The largest absolute Gasteiger partial charge is 0.480 e. The van der Waals surface area contributed by atoms with Crippen molar-refractivity contribution in [3.63, 3.8) is 0 Å². The highest BCUT2D eigenvalue weighted by Crippen LogP contribution is 2.22. The van der Waals surface area contributed by atoms with Crippen LogP contribution in [0.2, 0.25) is 0 Å². The van der Waals surface area contributed by atoms with E-state index in [1.165, 1.54) is 12.1 Å². The van der Waals surface area contributed by atoms with Crippen LogP contribution in [0.3, 0.4) is 0 Å². The summed E-state index contributed by atoms with van der Waals surface area (Å²) in [7, 11) is 0. The number of nitrogens with zero attached hydrogens (tertiary/aromatic N) is 1. The van der Waals surface area contributed by atoms with E-state index in [2.05, 4.69) is 21.2 Å². The Bertz CT molecular complexity index is 561. The van der Waals surface area contributed by atoms with Crippen molar-refractivity contribution < 1.29 is 19.6 Å². The van der Waals surface area contributed by atoms with E-state index in [0.717, 1.165) is 12.5 Å². The predicted molar refractivity (Wildman–Crippen MR) is 79.2 cm³/mol. The zero-order valence-corrected chi connectivity index (χ0v) is 12.9. The summed E-state index contributed by atoms with van der Waals surface area (Å²) in [5.74, 6) is -1.78. The van der Waals surface area contributed by atoms with Crippen LogP contribution >= 0.6 is 15.9 Å². The fourth-order valence-electron chi connectivity index (χ4n) is 1.70. The highest BCUT2D eigenvalue weighted by molar-refractivity contribution is 9.10. The number of carbonyl (C=O) groups is 2. The van der Waals surface area contributed by atoms with Gasteiger partial charge in [-0.1, -0.05) is 19.8 Å². The summed E-state index contributed by atoms with van der Waals surface area (Å²) in [6.07, 6.45) is 1.78. The van der Waals surface area contributed by atoms with Gasteiger partial charge in [0.05, 0.1) is 10.5 Å². The van der Waals surface area contributed by atoms with Gasteiger partial charge >= 0.3 is 5.97 Å². The van der Waals surface area contributed by atoms with Crippen molar-refractivity contribution in [2.24, 2.45) is 0 Å². The van der Waals surface area contributed by atoms with Crippen molar-refractivity contribution in [2.45, 2.75) is 32.2 Å². The molecule has 1 atom stereocenters. The molecule has 8 heteroatoms. The van der Waals surface area contributed by atoms with E-state index in [1.807, 2.05) is 6.92 Å². The number of amides is 1. The van der Waals surface area contributed by atoms with Crippen LogP contribution in [-0.4, -0.2) is 27.9 Å². The zero-order valence-electron chi connectivity index (χ0n) is 11.3. The number of non-ortho nitro benzene ring substituents is 1. The summed E-state index contributed by atoms with van der Waals surface area (Å²) in [5.41, 5.74) is -0.198. The minimum atomic E-state index is -1.13. The van der Waals surface area contributed by atoms with E-state index in [0.29, 0.717) is 17.3 Å². The normalized spacial score (nSPS) is 11.7. The Morgan fingerprint density at radius 3 is 2.67 bits per heavy atom. The molecular weight excluding hydrogens is 344 g/mol. The van der Waals surface area contributed by atoms with Crippen LogP contribution in [-0.2, 0) is 4.79 Å². The molecule has 0 spiro atoms. The fraction of sp³-hybridized carbons (Fsp3) is 0.385. The molecule has 0 aliphatic heterocycles. The average Bonchev–Trinajstić information content (AvgIpc) is 2.42. The lowest BCUT2D eigenvalue weighted by Gasteiger charge is -2.14. The molecule has 1 rings (SSSR count). The summed E-state index contributed by atoms with van der Waals surface area (Å²) in [6, 6.07) is 2.74. The number of unbranched alkanes of at least 4 members (excludes halogenated alkanes) is 1. The first-order valence-corrected chi connectivity index (χ1v) is 7.13. The number of carbonyl (C=O) groups excluding carboxylic acids is 1. The monoisotopic (exact) mass is 358 g/mol. The van der Waals surface area contributed by atoms with Crippen molar-refractivity contribution >= 4 is 33.5 Å². The maximum absolute atomic E-state index is 12.1. The zero-order chi connectivity index (χ0) is 16.0. The molecule has 1 aromatic rings. The summed E-state index contributed by atoms with van der Waals surface area (Å²) in [6.45, 7) is 1.91. The molecule has 1 amide bonds. The first kappa shape index (κ1) is 17.1. The van der Waals surface area contributed by atoms with Gasteiger partial charge in [0.1, 0.15) is 6.04 Å². The van der Waals surface area contributed by atoms with Gasteiger partial charge in [-0.05, 0) is 28.4 Å². The van der Waals surface area contributed by atoms with Crippen LogP contribution in [0.25, 0.3) is 0 Å². The number of nitrogens with one attached hydrogen (secondary N) is 1. The summed E-state index contributed by atoms with van der Waals surface area (Å²) in [4.78, 5) is 33.3. The van der Waals surface area contributed by atoms with Crippen LogP contribution in [0.15, 0.2) is 22.7 Å². The predicted octanol–water partition coefficient (Wildman–Crippen LogP) is 2.73. The summed E-state index contributed by atoms with van der Waals surface area (Å²) >= 11 is 3.13. The first-order chi connectivity index (χ1) is 9.86. The maximum Gasteiger partial charge on any atom is 0.326 e. The highest BCUT2D eigenvalue weighted by atomic mass is 79.9. The number of rotatable bonds is 7. The number of hydrogen-bond donors (Lipinski definition) is 2. The van der Waals surface area contributed by atoms with Crippen molar-refractivity contribution in [1.29, 1.82) is 0 Å². The SMILES string of the molecule is CCCCC(NC(=O)c1cc([N+](=O)[O-])ccc1Br)C(=O)O. The number of nitro groups is 1. The van der Waals surface area contributed by atoms with Gasteiger partial charge in [-0.25, -0.2) is 4.79 Å². The van der Waals surface area contributed by atoms with Crippen molar-refractivity contribution in [3.8, 4) is 0 Å². The molecule has 0 aliphatic carbocycles. The summed E-state index contributed by atoms with van der Waals surface area (Å²) < 4.78 is 0.366. The quantitative estimate of drug-likeness (QED) is 0.575. The fourth-order valence-corrected chi connectivity index (χ4v) is 2.13. The average molecular weight is 359 g/mol. The Kier molecular flexibility index (Phi) is 6.29. The third-order valence-corrected chi connectivity index (χ3v) is 3.55. The smallest absolute Gasteiger partial charge is 0.326 e. The molecule has 0 aliphatic rings. The first-order valence-electron chi connectivity index (χ1n) is 6.34. The number of hydrogen-bond acceptors (Lipinski definition) is 4. The van der Waals surface area contributed by atoms with E-state index in [9.17, 15) is 19.7 Å². The van der Waals surface area contributed by atoms with E-state index < -0.39 is 22.8 Å². The molecule has 1 aromatic carbocycles. The van der Waals surface area contributed by atoms with Crippen molar-refractivity contribution in [2.75, 3.05) is 0 Å². The van der Waals surface area contributed by atoms with E-state index in [4.69, 9.17) is 5.11 Å². The number of aliphatic carboxylic acids is 1. The molecule has 0 bridgehead atoms. The molecule has 7 nitrogen and oxygen atoms in total. The standard InChI is InChI=1S/C13H15BrN2O5/c1-2-3-4-11(13(18)19)15-12(17)9-7-8(16(20)21)5-6-10(9)14/h5-7,11H,2-4H2,1H3,(H,15,17)(H,18,19). The number of halogens is 1. The molecule has 0 heterocycles. The van der Waals surface area contributed by atoms with Gasteiger partial charge in [-0.3, -0.25) is 14.9 Å². The van der Waals surface area contributed by atoms with E-state index in [-0.39, 0.29) is 11.3 Å². The van der Waals surface area contributed by atoms with Gasteiger partial charge in [0, 0.05) is 16.6 Å². The van der Waals surface area contributed by atoms with Gasteiger partial charge in [-0.2, -0.15) is 0 Å². The number of benzene rings is 1.